The van der Waals surface area contributed by atoms with Crippen molar-refractivity contribution in [1.82, 2.24) is 10.5 Å². The normalized spacial score (nSPS) is 12.9. The minimum Gasteiger partial charge on any atom is -0.359 e. The first kappa shape index (κ1) is 16.0. The highest BCUT2D eigenvalue weighted by Crippen LogP contribution is 2.25. The number of amides is 3. The molecule has 0 bridgehead atoms. The van der Waals surface area contributed by atoms with Gasteiger partial charge >= 0.3 is 6.03 Å². The third-order valence-electron chi connectivity index (χ3n) is 3.64. The SMILES string of the molecule is CC(C)Cc1cc(CNC(=O)Nc2ccc3c(c2)CC(=O)N3)on1. The van der Waals surface area contributed by atoms with Crippen molar-refractivity contribution in [3.8, 4) is 0 Å². The van der Waals surface area contributed by atoms with Crippen molar-refractivity contribution in [1.29, 1.82) is 0 Å². The number of fused-ring (bicyclic) bond motifs is 1. The Balaban J connectivity index is 1.52. The summed E-state index contributed by atoms with van der Waals surface area (Å²) in [7, 11) is 0. The molecule has 1 aromatic carbocycles. The van der Waals surface area contributed by atoms with Gasteiger partial charge in [-0.05, 0) is 36.1 Å². The van der Waals surface area contributed by atoms with Gasteiger partial charge in [0.05, 0.1) is 18.7 Å². The molecule has 0 saturated heterocycles. The third-order valence-corrected chi connectivity index (χ3v) is 3.64. The predicted octanol–water partition coefficient (Wildman–Crippen LogP) is 2.69. The van der Waals surface area contributed by atoms with Crippen molar-refractivity contribution in [3.05, 3.63) is 41.3 Å². The zero-order valence-corrected chi connectivity index (χ0v) is 13.7. The van der Waals surface area contributed by atoms with Crippen molar-refractivity contribution in [2.24, 2.45) is 5.92 Å². The van der Waals surface area contributed by atoms with Gasteiger partial charge in [0.1, 0.15) is 0 Å². The maximum Gasteiger partial charge on any atom is 0.319 e. The van der Waals surface area contributed by atoms with E-state index in [0.29, 0.717) is 23.8 Å². The van der Waals surface area contributed by atoms with Gasteiger partial charge in [0.15, 0.2) is 5.76 Å². The number of nitrogens with zero attached hydrogens (tertiary/aromatic N) is 1. The van der Waals surface area contributed by atoms with Crippen LogP contribution in [0.15, 0.2) is 28.8 Å². The summed E-state index contributed by atoms with van der Waals surface area (Å²) in [4.78, 5) is 23.3. The maximum atomic E-state index is 12.0. The first-order chi connectivity index (χ1) is 11.5. The minimum atomic E-state index is -0.339. The monoisotopic (exact) mass is 328 g/mol. The Hall–Kier alpha value is -2.83. The highest BCUT2D eigenvalue weighted by Gasteiger charge is 2.17. The van der Waals surface area contributed by atoms with Crippen molar-refractivity contribution < 1.29 is 14.1 Å². The smallest absolute Gasteiger partial charge is 0.319 e. The predicted molar refractivity (Wildman–Crippen MR) is 89.7 cm³/mol. The number of aromatic nitrogens is 1. The molecule has 2 heterocycles. The average Bonchev–Trinajstić information content (AvgIpc) is 3.09. The lowest BCUT2D eigenvalue weighted by Gasteiger charge is -2.07. The minimum absolute atomic E-state index is 0.0332. The molecule has 7 heteroatoms. The fraction of sp³-hybridized carbons (Fsp3) is 0.353. The summed E-state index contributed by atoms with van der Waals surface area (Å²) in [5.41, 5.74) is 3.20. The molecule has 0 spiro atoms. The second-order valence-electron chi connectivity index (χ2n) is 6.29. The molecule has 1 aliphatic rings. The summed E-state index contributed by atoms with van der Waals surface area (Å²) < 4.78 is 5.20. The molecule has 0 radical (unpaired) electrons. The Morgan fingerprint density at radius 3 is 3.00 bits per heavy atom. The van der Waals surface area contributed by atoms with E-state index in [-0.39, 0.29) is 18.5 Å². The third kappa shape index (κ3) is 3.92. The van der Waals surface area contributed by atoms with Crippen molar-refractivity contribution in [2.75, 3.05) is 10.6 Å². The first-order valence-electron chi connectivity index (χ1n) is 7.91. The van der Waals surface area contributed by atoms with Crippen LogP contribution in [0.5, 0.6) is 0 Å². The van der Waals surface area contributed by atoms with Gasteiger partial charge < -0.3 is 20.5 Å². The van der Waals surface area contributed by atoms with Gasteiger partial charge in [-0.1, -0.05) is 19.0 Å². The summed E-state index contributed by atoms with van der Waals surface area (Å²) in [6.07, 6.45) is 1.18. The van der Waals surface area contributed by atoms with E-state index < -0.39 is 0 Å². The highest BCUT2D eigenvalue weighted by atomic mass is 16.5. The summed E-state index contributed by atoms with van der Waals surface area (Å²) in [5, 5.41) is 12.2. The van der Waals surface area contributed by atoms with Crippen LogP contribution < -0.4 is 16.0 Å². The molecule has 3 rings (SSSR count). The topological polar surface area (TPSA) is 96.3 Å². The largest absolute Gasteiger partial charge is 0.359 e. The van der Waals surface area contributed by atoms with Gasteiger partial charge in [-0.3, -0.25) is 4.79 Å². The number of carbonyl (C=O) groups is 2. The van der Waals surface area contributed by atoms with E-state index >= 15 is 0 Å². The van der Waals surface area contributed by atoms with Crippen molar-refractivity contribution >= 4 is 23.3 Å². The highest BCUT2D eigenvalue weighted by molar-refractivity contribution is 6.00. The lowest BCUT2D eigenvalue weighted by Crippen LogP contribution is -2.28. The van der Waals surface area contributed by atoms with E-state index in [2.05, 4.69) is 35.0 Å². The van der Waals surface area contributed by atoms with E-state index in [1.807, 2.05) is 6.07 Å². The Morgan fingerprint density at radius 1 is 1.38 bits per heavy atom. The number of rotatable bonds is 5. The van der Waals surface area contributed by atoms with Crippen LogP contribution in [0.25, 0.3) is 0 Å². The fourth-order valence-electron chi connectivity index (χ4n) is 2.60. The summed E-state index contributed by atoms with van der Waals surface area (Å²) in [5.74, 6) is 1.08. The van der Waals surface area contributed by atoms with Gasteiger partial charge in [0.25, 0.3) is 0 Å². The summed E-state index contributed by atoms with van der Waals surface area (Å²) in [6.45, 7) is 4.49. The van der Waals surface area contributed by atoms with E-state index in [4.69, 9.17) is 4.52 Å². The van der Waals surface area contributed by atoms with Gasteiger partial charge in [-0.15, -0.1) is 0 Å². The van der Waals surface area contributed by atoms with Crippen LogP contribution in [0.4, 0.5) is 16.2 Å². The molecule has 126 valence electrons. The van der Waals surface area contributed by atoms with Crippen LogP contribution in [0, 0.1) is 5.92 Å². The zero-order chi connectivity index (χ0) is 17.1. The molecule has 0 unspecified atom stereocenters. The Bertz CT molecular complexity index is 767. The van der Waals surface area contributed by atoms with Gasteiger partial charge in [-0.2, -0.15) is 0 Å². The number of urea groups is 1. The van der Waals surface area contributed by atoms with Gasteiger partial charge in [0.2, 0.25) is 5.91 Å². The van der Waals surface area contributed by atoms with Crippen LogP contribution in [0.3, 0.4) is 0 Å². The molecule has 1 aromatic heterocycles. The summed E-state index contributed by atoms with van der Waals surface area (Å²) >= 11 is 0. The lowest BCUT2D eigenvalue weighted by atomic mass is 10.1. The molecule has 3 N–H and O–H groups in total. The van der Waals surface area contributed by atoms with Crippen molar-refractivity contribution in [3.63, 3.8) is 0 Å². The van der Waals surface area contributed by atoms with Gasteiger partial charge in [0, 0.05) is 17.4 Å². The number of anilines is 2. The van der Waals surface area contributed by atoms with Crippen LogP contribution in [0.2, 0.25) is 0 Å². The number of hydrogen-bond acceptors (Lipinski definition) is 4. The molecule has 0 atom stereocenters. The zero-order valence-electron chi connectivity index (χ0n) is 13.7. The molecule has 0 aliphatic carbocycles. The second kappa shape index (κ2) is 6.74. The average molecular weight is 328 g/mol. The molecule has 24 heavy (non-hydrogen) atoms. The standard InChI is InChI=1S/C17H20N4O3/c1-10(2)5-13-8-14(24-21-13)9-18-17(23)19-12-3-4-15-11(6-12)7-16(22)20-15/h3-4,6,8,10H,5,7,9H2,1-2H3,(H,20,22)(H2,18,19,23). The number of hydrogen-bond donors (Lipinski definition) is 3. The van der Waals surface area contributed by atoms with Crippen LogP contribution in [-0.4, -0.2) is 17.1 Å². The molecule has 0 fully saturated rings. The molecular formula is C17H20N4O3. The second-order valence-corrected chi connectivity index (χ2v) is 6.29. The fourth-order valence-corrected chi connectivity index (χ4v) is 2.60. The Morgan fingerprint density at radius 2 is 2.21 bits per heavy atom. The molecule has 1 aliphatic heterocycles. The van der Waals surface area contributed by atoms with Gasteiger partial charge in [-0.25, -0.2) is 4.79 Å². The molecule has 0 saturated carbocycles. The molecule has 7 nitrogen and oxygen atoms in total. The quantitative estimate of drug-likeness (QED) is 0.786. The van der Waals surface area contributed by atoms with Crippen LogP contribution in [0.1, 0.15) is 30.9 Å². The number of benzene rings is 1. The molecule has 3 amide bonds. The van der Waals surface area contributed by atoms with E-state index in [1.54, 1.807) is 18.2 Å². The Kier molecular flexibility index (Phi) is 4.50. The molecule has 2 aromatic rings. The molecular weight excluding hydrogens is 308 g/mol. The first-order valence-corrected chi connectivity index (χ1v) is 7.91. The van der Waals surface area contributed by atoms with Crippen molar-refractivity contribution in [2.45, 2.75) is 33.2 Å². The van der Waals surface area contributed by atoms with E-state index in [9.17, 15) is 9.59 Å². The maximum absolute atomic E-state index is 12.0. The van der Waals surface area contributed by atoms with Crippen LogP contribution in [-0.2, 0) is 24.2 Å². The Labute approximate surface area is 139 Å². The van der Waals surface area contributed by atoms with E-state index in [1.165, 1.54) is 0 Å². The number of carbonyl (C=O) groups excluding carboxylic acids is 2. The van der Waals surface area contributed by atoms with E-state index in [0.717, 1.165) is 23.4 Å². The number of nitrogens with one attached hydrogen (secondary N) is 3. The summed E-state index contributed by atoms with van der Waals surface area (Å²) in [6, 6.07) is 6.84. The van der Waals surface area contributed by atoms with Crippen LogP contribution >= 0.6 is 0 Å². The lowest BCUT2D eigenvalue weighted by molar-refractivity contribution is -0.115.